The van der Waals surface area contributed by atoms with Gasteiger partial charge in [0.1, 0.15) is 0 Å². The van der Waals surface area contributed by atoms with Crippen molar-refractivity contribution in [2.24, 2.45) is 5.73 Å². The lowest BCUT2D eigenvalue weighted by Crippen LogP contribution is -2.46. The summed E-state index contributed by atoms with van der Waals surface area (Å²) in [5.74, 6) is -0.156. The van der Waals surface area contributed by atoms with Gasteiger partial charge in [-0.1, -0.05) is 219 Å². The summed E-state index contributed by atoms with van der Waals surface area (Å²) in [4.78, 5) is 22.7. The molecule has 0 aliphatic heterocycles. The van der Waals surface area contributed by atoms with Crippen LogP contribution in [0.2, 0.25) is 0 Å². The number of nitrogens with one attached hydrogen (secondary N) is 1. The molecule has 312 valence electrons. The van der Waals surface area contributed by atoms with Gasteiger partial charge < -0.3 is 21.1 Å². The van der Waals surface area contributed by atoms with Crippen LogP contribution in [0.3, 0.4) is 0 Å². The molecule has 0 aliphatic carbocycles. The molecular formula is C43H89N2O6P. The molecule has 0 spiro atoms. The second-order valence-corrected chi connectivity index (χ2v) is 17.1. The molecule has 0 rings (SSSR count). The van der Waals surface area contributed by atoms with Crippen LogP contribution >= 0.6 is 7.82 Å². The highest BCUT2D eigenvalue weighted by molar-refractivity contribution is 7.47. The predicted octanol–water partition coefficient (Wildman–Crippen LogP) is 12.6. The molecule has 0 aliphatic rings. The van der Waals surface area contributed by atoms with E-state index in [0.717, 1.165) is 38.5 Å². The highest BCUT2D eigenvalue weighted by Gasteiger charge is 2.27. The van der Waals surface area contributed by atoms with Crippen LogP contribution in [0.25, 0.3) is 0 Å². The molecule has 0 aromatic heterocycles. The highest BCUT2D eigenvalue weighted by Crippen LogP contribution is 2.43. The van der Waals surface area contributed by atoms with Gasteiger partial charge in [0.05, 0.1) is 25.4 Å². The smallest absolute Gasteiger partial charge is 0.391 e. The van der Waals surface area contributed by atoms with E-state index in [1.165, 1.54) is 173 Å². The number of nitrogens with two attached hydrogens (primary N) is 1. The first kappa shape index (κ1) is 51.5. The Morgan fingerprint density at radius 1 is 0.558 bits per heavy atom. The Hall–Kier alpha value is -0.500. The Kier molecular flexibility index (Phi) is 39.8. The summed E-state index contributed by atoms with van der Waals surface area (Å²) in [5.41, 5.74) is 5.38. The van der Waals surface area contributed by atoms with Gasteiger partial charge >= 0.3 is 7.82 Å². The van der Waals surface area contributed by atoms with E-state index < -0.39 is 20.0 Å². The van der Waals surface area contributed by atoms with E-state index in [4.69, 9.17) is 14.8 Å². The Morgan fingerprint density at radius 3 is 1.23 bits per heavy atom. The fraction of sp³-hybridized carbons (Fsp3) is 0.977. The average molecular weight is 761 g/mol. The number of amides is 1. The summed E-state index contributed by atoms with van der Waals surface area (Å²) >= 11 is 0. The fourth-order valence-electron chi connectivity index (χ4n) is 7.02. The van der Waals surface area contributed by atoms with Crippen LogP contribution in [0.4, 0.5) is 0 Å². The van der Waals surface area contributed by atoms with Crippen LogP contribution < -0.4 is 11.1 Å². The van der Waals surface area contributed by atoms with Crippen molar-refractivity contribution in [3.8, 4) is 0 Å². The van der Waals surface area contributed by atoms with Crippen LogP contribution in [0, 0.1) is 0 Å². The van der Waals surface area contributed by atoms with Crippen molar-refractivity contribution >= 4 is 13.7 Å². The lowest BCUT2D eigenvalue weighted by Gasteiger charge is -2.25. The molecule has 0 radical (unpaired) electrons. The molecule has 9 heteroatoms. The van der Waals surface area contributed by atoms with Crippen molar-refractivity contribution < 1.29 is 28.4 Å². The first-order valence-electron chi connectivity index (χ1n) is 22.7. The van der Waals surface area contributed by atoms with Crippen molar-refractivity contribution in [2.75, 3.05) is 19.8 Å². The first-order chi connectivity index (χ1) is 25.4. The molecular weight excluding hydrogens is 671 g/mol. The molecule has 3 atom stereocenters. The number of hydrogen-bond donors (Lipinski definition) is 4. The van der Waals surface area contributed by atoms with Gasteiger partial charge in [0, 0.05) is 13.0 Å². The normalized spacial score (nSPS) is 14.0. The topological polar surface area (TPSA) is 131 Å². The van der Waals surface area contributed by atoms with Crippen LogP contribution in [0.1, 0.15) is 239 Å². The van der Waals surface area contributed by atoms with Gasteiger partial charge in [0.25, 0.3) is 0 Å². The quantitative estimate of drug-likeness (QED) is 0.0359. The summed E-state index contributed by atoms with van der Waals surface area (Å²) < 4.78 is 22.2. The van der Waals surface area contributed by atoms with Gasteiger partial charge in [-0.3, -0.25) is 13.8 Å². The summed E-state index contributed by atoms with van der Waals surface area (Å²) in [6.45, 7) is 4.24. The van der Waals surface area contributed by atoms with Gasteiger partial charge in [-0.25, -0.2) is 4.57 Å². The maximum absolute atomic E-state index is 12.8. The molecule has 0 heterocycles. The molecule has 0 saturated heterocycles. The number of aliphatic hydroxyl groups excluding tert-OH is 1. The average Bonchev–Trinajstić information content (AvgIpc) is 3.13. The van der Waals surface area contributed by atoms with E-state index in [1.54, 1.807) is 0 Å². The number of phosphoric acid groups is 1. The zero-order valence-electron chi connectivity index (χ0n) is 34.6. The Bertz CT molecular complexity index is 789. The van der Waals surface area contributed by atoms with Gasteiger partial charge in [-0.05, 0) is 12.8 Å². The molecule has 0 aromatic carbocycles. The Labute approximate surface area is 322 Å². The van der Waals surface area contributed by atoms with E-state index in [9.17, 15) is 19.4 Å². The van der Waals surface area contributed by atoms with Crippen molar-refractivity contribution in [3.05, 3.63) is 0 Å². The maximum Gasteiger partial charge on any atom is 0.472 e. The summed E-state index contributed by atoms with van der Waals surface area (Å²) in [6, 6.07) is -0.767. The predicted molar refractivity (Wildman–Crippen MR) is 222 cm³/mol. The zero-order chi connectivity index (χ0) is 38.2. The minimum Gasteiger partial charge on any atom is -0.391 e. The number of carbonyl (C=O) groups excluding carboxylic acids is 1. The van der Waals surface area contributed by atoms with Gasteiger partial charge in [-0.15, -0.1) is 0 Å². The molecule has 5 N–H and O–H groups in total. The van der Waals surface area contributed by atoms with E-state index in [2.05, 4.69) is 19.2 Å². The van der Waals surface area contributed by atoms with Crippen LogP contribution in [0.15, 0.2) is 0 Å². The molecule has 0 aromatic rings. The van der Waals surface area contributed by atoms with Crippen molar-refractivity contribution in [2.45, 2.75) is 251 Å². The highest BCUT2D eigenvalue weighted by atomic mass is 31.2. The van der Waals surface area contributed by atoms with Crippen molar-refractivity contribution in [1.82, 2.24) is 5.32 Å². The van der Waals surface area contributed by atoms with Gasteiger partial charge in [0.15, 0.2) is 0 Å². The second-order valence-electron chi connectivity index (χ2n) is 15.6. The number of aliphatic hydroxyl groups is 1. The lowest BCUT2D eigenvalue weighted by molar-refractivity contribution is -0.123. The molecule has 0 saturated carbocycles. The van der Waals surface area contributed by atoms with Crippen molar-refractivity contribution in [1.29, 1.82) is 0 Å². The fourth-order valence-corrected chi connectivity index (χ4v) is 7.78. The number of phosphoric ester groups is 1. The first-order valence-corrected chi connectivity index (χ1v) is 24.1. The summed E-state index contributed by atoms with van der Waals surface area (Å²) in [7, 11) is -4.31. The van der Waals surface area contributed by atoms with E-state index in [-0.39, 0.29) is 25.7 Å². The Morgan fingerprint density at radius 2 is 0.885 bits per heavy atom. The number of carbonyl (C=O) groups is 1. The van der Waals surface area contributed by atoms with Gasteiger partial charge in [-0.2, -0.15) is 0 Å². The zero-order valence-corrected chi connectivity index (χ0v) is 35.5. The largest absolute Gasteiger partial charge is 0.472 e. The third-order valence-corrected chi connectivity index (χ3v) is 11.4. The van der Waals surface area contributed by atoms with Crippen LogP contribution in [-0.2, 0) is 18.4 Å². The minimum absolute atomic E-state index is 0.0925. The van der Waals surface area contributed by atoms with Gasteiger partial charge in [0.2, 0.25) is 5.91 Å². The monoisotopic (exact) mass is 761 g/mol. The SMILES string of the molecule is CCCCCCCCCCCCCCCCCCCCCC(=O)NC(COP(=O)(O)OCCN)C(O)CCCCCCCCCCCCCCCC. The molecule has 3 unspecified atom stereocenters. The third-order valence-electron chi connectivity index (χ3n) is 10.5. The van der Waals surface area contributed by atoms with E-state index in [0.29, 0.717) is 12.8 Å². The maximum atomic E-state index is 12.8. The Balaban J connectivity index is 4.07. The summed E-state index contributed by atoms with van der Waals surface area (Å²) in [6.07, 6.45) is 42.5. The molecule has 0 fully saturated rings. The molecule has 52 heavy (non-hydrogen) atoms. The van der Waals surface area contributed by atoms with Crippen LogP contribution in [-0.4, -0.2) is 47.8 Å². The number of unbranched alkanes of at least 4 members (excludes halogenated alkanes) is 31. The number of hydrogen-bond acceptors (Lipinski definition) is 6. The number of rotatable bonds is 43. The van der Waals surface area contributed by atoms with E-state index in [1.807, 2.05) is 0 Å². The molecule has 8 nitrogen and oxygen atoms in total. The standard InChI is InChI=1S/C43H89N2O6P/c1-3-5-7-9-11-13-15-17-19-20-21-22-23-25-27-29-31-33-35-37-43(47)45-41(40-51-52(48,49)50-39-38-44)42(46)36-34-32-30-28-26-24-18-16-14-12-10-8-6-4-2/h41-42,46H,3-40,44H2,1-2H3,(H,45,47)(H,48,49). The van der Waals surface area contributed by atoms with E-state index >= 15 is 0 Å². The molecule has 0 bridgehead atoms. The lowest BCUT2D eigenvalue weighted by atomic mass is 10.0. The third kappa shape index (κ3) is 37.8. The second kappa shape index (κ2) is 40.2. The summed E-state index contributed by atoms with van der Waals surface area (Å²) in [5, 5.41) is 13.8. The van der Waals surface area contributed by atoms with Crippen molar-refractivity contribution in [3.63, 3.8) is 0 Å². The van der Waals surface area contributed by atoms with Crippen LogP contribution in [0.5, 0.6) is 0 Å². The minimum atomic E-state index is -4.31. The molecule has 1 amide bonds.